The van der Waals surface area contributed by atoms with Crippen molar-refractivity contribution in [3.05, 3.63) is 47.0 Å². The minimum atomic E-state index is -0.224. The number of benzene rings is 2. The van der Waals surface area contributed by atoms with Crippen LogP contribution >= 0.6 is 0 Å². The molecule has 2 aromatic carbocycles. The van der Waals surface area contributed by atoms with E-state index in [2.05, 4.69) is 11.4 Å². The summed E-state index contributed by atoms with van der Waals surface area (Å²) in [6.07, 6.45) is 1.32. The molecule has 0 bridgehead atoms. The zero-order valence-electron chi connectivity index (χ0n) is 19.3. The number of rotatable bonds is 10. The van der Waals surface area contributed by atoms with E-state index < -0.39 is 0 Å². The molecule has 2 amide bonds. The second-order valence-corrected chi connectivity index (χ2v) is 7.40. The molecule has 0 aliphatic carbocycles. The topological polar surface area (TPSA) is 77.1 Å². The molecule has 32 heavy (non-hydrogen) atoms. The second kappa shape index (κ2) is 10.9. The maximum atomic E-state index is 12.9. The van der Waals surface area contributed by atoms with E-state index in [1.807, 2.05) is 44.7 Å². The van der Waals surface area contributed by atoms with Crippen molar-refractivity contribution in [2.45, 2.75) is 47.1 Å². The molecular weight excluding hydrogens is 408 g/mol. The van der Waals surface area contributed by atoms with Crippen molar-refractivity contribution < 1.29 is 23.8 Å². The van der Waals surface area contributed by atoms with Gasteiger partial charge in [-0.25, -0.2) is 0 Å². The molecule has 1 aliphatic heterocycles. The van der Waals surface area contributed by atoms with E-state index in [0.29, 0.717) is 62.1 Å². The zero-order chi connectivity index (χ0) is 23.1. The van der Waals surface area contributed by atoms with Gasteiger partial charge < -0.3 is 24.4 Å². The Bertz CT molecular complexity index is 946. The average molecular weight is 441 g/mol. The van der Waals surface area contributed by atoms with Gasteiger partial charge in [0.2, 0.25) is 11.7 Å². The molecule has 7 nitrogen and oxygen atoms in total. The first-order chi connectivity index (χ1) is 15.5. The Morgan fingerprint density at radius 2 is 1.59 bits per heavy atom. The Kier molecular flexibility index (Phi) is 7.98. The van der Waals surface area contributed by atoms with Crippen LogP contribution in [-0.4, -0.2) is 38.2 Å². The van der Waals surface area contributed by atoms with Gasteiger partial charge in [-0.15, -0.1) is 0 Å². The molecule has 3 rings (SSSR count). The van der Waals surface area contributed by atoms with Crippen molar-refractivity contribution in [1.82, 2.24) is 5.32 Å². The SMILES string of the molecule is CCOc1cc(C(=O)NCc2ccc3c(c2)CCN3C(=O)CC)cc(OCC)c1OCC. The number of anilines is 1. The molecule has 1 aliphatic rings. The van der Waals surface area contributed by atoms with E-state index in [0.717, 1.165) is 23.2 Å². The lowest BCUT2D eigenvalue weighted by molar-refractivity contribution is -0.118. The van der Waals surface area contributed by atoms with Gasteiger partial charge in [-0.2, -0.15) is 0 Å². The van der Waals surface area contributed by atoms with Crippen molar-refractivity contribution in [2.24, 2.45) is 0 Å². The predicted octanol–water partition coefficient (Wildman–Crippen LogP) is 4.11. The van der Waals surface area contributed by atoms with E-state index in [4.69, 9.17) is 14.2 Å². The molecule has 0 atom stereocenters. The number of hydrogen-bond donors (Lipinski definition) is 1. The number of nitrogens with zero attached hydrogens (tertiary/aromatic N) is 1. The first-order valence-corrected chi connectivity index (χ1v) is 11.3. The van der Waals surface area contributed by atoms with E-state index in [9.17, 15) is 9.59 Å². The normalized spacial score (nSPS) is 12.3. The van der Waals surface area contributed by atoms with Crippen LogP contribution in [0.25, 0.3) is 0 Å². The van der Waals surface area contributed by atoms with Gasteiger partial charge in [0.25, 0.3) is 5.91 Å². The maximum absolute atomic E-state index is 12.9. The van der Waals surface area contributed by atoms with Crippen molar-refractivity contribution in [2.75, 3.05) is 31.3 Å². The summed E-state index contributed by atoms with van der Waals surface area (Å²) in [5, 5.41) is 2.97. The van der Waals surface area contributed by atoms with Crippen molar-refractivity contribution in [3.63, 3.8) is 0 Å². The van der Waals surface area contributed by atoms with Gasteiger partial charge in [0.1, 0.15) is 0 Å². The number of carbonyl (C=O) groups is 2. The molecule has 0 radical (unpaired) electrons. The summed E-state index contributed by atoms with van der Waals surface area (Å²) in [4.78, 5) is 26.8. The lowest BCUT2D eigenvalue weighted by atomic mass is 10.1. The van der Waals surface area contributed by atoms with Gasteiger partial charge >= 0.3 is 0 Å². The predicted molar refractivity (Wildman–Crippen MR) is 124 cm³/mol. The molecular formula is C25H32N2O5. The molecule has 0 aromatic heterocycles. The molecule has 0 saturated carbocycles. The number of carbonyl (C=O) groups excluding carboxylic acids is 2. The van der Waals surface area contributed by atoms with Crippen LogP contribution in [0.1, 0.15) is 55.6 Å². The van der Waals surface area contributed by atoms with Gasteiger partial charge in [0, 0.05) is 30.8 Å². The zero-order valence-corrected chi connectivity index (χ0v) is 19.3. The number of ether oxygens (including phenoxy) is 3. The van der Waals surface area contributed by atoms with E-state index in [1.54, 1.807) is 12.1 Å². The minimum absolute atomic E-state index is 0.135. The van der Waals surface area contributed by atoms with Crippen LogP contribution in [0.4, 0.5) is 5.69 Å². The number of fused-ring (bicyclic) bond motifs is 1. The third-order valence-corrected chi connectivity index (χ3v) is 5.27. The van der Waals surface area contributed by atoms with Crippen LogP contribution < -0.4 is 24.4 Å². The molecule has 0 unspecified atom stereocenters. The number of hydrogen-bond acceptors (Lipinski definition) is 5. The highest BCUT2D eigenvalue weighted by Crippen LogP contribution is 2.39. The maximum Gasteiger partial charge on any atom is 0.251 e. The fraction of sp³-hybridized carbons (Fsp3) is 0.440. The summed E-state index contributed by atoms with van der Waals surface area (Å²) < 4.78 is 17.1. The number of amides is 2. The quantitative estimate of drug-likeness (QED) is 0.602. The van der Waals surface area contributed by atoms with Crippen LogP contribution in [0.2, 0.25) is 0 Å². The Balaban J connectivity index is 1.75. The fourth-order valence-electron chi connectivity index (χ4n) is 3.82. The lowest BCUT2D eigenvalue weighted by Crippen LogP contribution is -2.27. The van der Waals surface area contributed by atoms with Crippen LogP contribution in [0.3, 0.4) is 0 Å². The summed E-state index contributed by atoms with van der Waals surface area (Å²) in [7, 11) is 0. The molecule has 0 saturated heterocycles. The monoisotopic (exact) mass is 440 g/mol. The highest BCUT2D eigenvalue weighted by atomic mass is 16.5. The van der Waals surface area contributed by atoms with Crippen LogP contribution in [0, 0.1) is 0 Å². The first-order valence-electron chi connectivity index (χ1n) is 11.3. The molecule has 0 fully saturated rings. The molecule has 172 valence electrons. The van der Waals surface area contributed by atoms with Crippen LogP contribution in [0.15, 0.2) is 30.3 Å². The summed E-state index contributed by atoms with van der Waals surface area (Å²) in [5.41, 5.74) is 3.54. The van der Waals surface area contributed by atoms with E-state index in [-0.39, 0.29) is 11.8 Å². The Hall–Kier alpha value is -3.22. The largest absolute Gasteiger partial charge is 0.490 e. The Morgan fingerprint density at radius 1 is 0.938 bits per heavy atom. The molecule has 1 N–H and O–H groups in total. The number of nitrogens with one attached hydrogen (secondary N) is 1. The first kappa shape index (κ1) is 23.4. The summed E-state index contributed by atoms with van der Waals surface area (Å²) in [6.45, 7) is 9.98. The van der Waals surface area contributed by atoms with Crippen molar-refractivity contribution in [1.29, 1.82) is 0 Å². The highest BCUT2D eigenvalue weighted by molar-refractivity contribution is 5.96. The average Bonchev–Trinajstić information content (AvgIpc) is 3.22. The molecule has 1 heterocycles. The van der Waals surface area contributed by atoms with Crippen LogP contribution in [0.5, 0.6) is 17.2 Å². The molecule has 2 aromatic rings. The lowest BCUT2D eigenvalue weighted by Gasteiger charge is -2.17. The van der Waals surface area contributed by atoms with E-state index >= 15 is 0 Å². The standard InChI is InChI=1S/C25H32N2O5/c1-5-23(28)27-12-11-18-13-17(9-10-20(18)27)16-26-25(29)19-14-21(30-6-2)24(32-8-4)22(15-19)31-7-3/h9-10,13-15H,5-8,11-12,16H2,1-4H3,(H,26,29). The minimum Gasteiger partial charge on any atom is -0.490 e. The van der Waals surface area contributed by atoms with Crippen molar-refractivity contribution >= 4 is 17.5 Å². The van der Waals surface area contributed by atoms with Crippen LogP contribution in [-0.2, 0) is 17.8 Å². The molecule has 7 heteroatoms. The summed E-state index contributed by atoms with van der Waals surface area (Å²) >= 11 is 0. The highest BCUT2D eigenvalue weighted by Gasteiger charge is 2.24. The third kappa shape index (κ3) is 5.15. The summed E-state index contributed by atoms with van der Waals surface area (Å²) in [6, 6.07) is 9.35. The third-order valence-electron chi connectivity index (χ3n) is 5.27. The smallest absolute Gasteiger partial charge is 0.251 e. The van der Waals surface area contributed by atoms with E-state index in [1.165, 1.54) is 0 Å². The van der Waals surface area contributed by atoms with Gasteiger partial charge in [0.15, 0.2) is 11.5 Å². The van der Waals surface area contributed by atoms with Gasteiger partial charge in [-0.3, -0.25) is 9.59 Å². The van der Waals surface area contributed by atoms with Gasteiger partial charge in [-0.05, 0) is 56.5 Å². The Morgan fingerprint density at radius 3 is 2.19 bits per heavy atom. The van der Waals surface area contributed by atoms with Gasteiger partial charge in [-0.1, -0.05) is 19.1 Å². The fourth-order valence-corrected chi connectivity index (χ4v) is 3.82. The van der Waals surface area contributed by atoms with Gasteiger partial charge in [0.05, 0.1) is 19.8 Å². The second-order valence-electron chi connectivity index (χ2n) is 7.40. The molecule has 0 spiro atoms. The Labute approximate surface area is 189 Å². The summed E-state index contributed by atoms with van der Waals surface area (Å²) in [5.74, 6) is 1.40. The van der Waals surface area contributed by atoms with Crippen molar-refractivity contribution in [3.8, 4) is 17.2 Å².